The predicted molar refractivity (Wildman–Crippen MR) is 107 cm³/mol. The van der Waals surface area contributed by atoms with Gasteiger partial charge in [-0.05, 0) is 36.6 Å². The summed E-state index contributed by atoms with van der Waals surface area (Å²) < 4.78 is 7.40. The van der Waals surface area contributed by atoms with Gasteiger partial charge in [0.05, 0.1) is 7.11 Å². The van der Waals surface area contributed by atoms with Crippen molar-refractivity contribution < 1.29 is 9.53 Å². The minimum atomic E-state index is -0.144. The van der Waals surface area contributed by atoms with E-state index in [9.17, 15) is 4.79 Å². The first-order valence-electron chi connectivity index (χ1n) is 9.00. The van der Waals surface area contributed by atoms with Crippen LogP contribution in [0.5, 0.6) is 5.75 Å². The van der Waals surface area contributed by atoms with E-state index in [0.29, 0.717) is 4.80 Å². The van der Waals surface area contributed by atoms with Gasteiger partial charge in [-0.25, -0.2) is 4.79 Å². The van der Waals surface area contributed by atoms with Crippen molar-refractivity contribution in [3.63, 3.8) is 0 Å². The molecule has 2 heterocycles. The molecule has 0 spiro atoms. The number of likely N-dealkylation sites (tertiary alicyclic amines) is 1. The Hall–Kier alpha value is -2.86. The molecule has 1 fully saturated rings. The number of benzene rings is 2. The van der Waals surface area contributed by atoms with Crippen LogP contribution in [0.2, 0.25) is 0 Å². The van der Waals surface area contributed by atoms with Crippen molar-refractivity contribution in [2.45, 2.75) is 12.8 Å². The maximum atomic E-state index is 12.3. The van der Waals surface area contributed by atoms with E-state index in [1.807, 2.05) is 57.4 Å². The van der Waals surface area contributed by atoms with E-state index in [1.54, 1.807) is 7.11 Å². The number of aromatic nitrogens is 1. The van der Waals surface area contributed by atoms with Crippen LogP contribution in [0.15, 0.2) is 65.1 Å². The number of rotatable bonds is 3. The number of amides is 2. The number of carbonyl (C=O) groups is 1. The van der Waals surface area contributed by atoms with Gasteiger partial charge in [0.2, 0.25) is 0 Å². The number of nitrogens with zero attached hydrogens (tertiary/aromatic N) is 3. The number of para-hydroxylation sites is 1. The first kappa shape index (κ1) is 17.5. The lowest BCUT2D eigenvalue weighted by molar-refractivity contribution is 0.218. The SMILES string of the molecule is COc1ccccc1-c1ccc(-n2ccsc2=NC(=O)N2CCCC2)cc1. The topological polar surface area (TPSA) is 46.8 Å². The molecule has 0 atom stereocenters. The fourth-order valence-electron chi connectivity index (χ4n) is 3.30. The van der Waals surface area contributed by atoms with Crippen molar-refractivity contribution in [1.29, 1.82) is 0 Å². The molecule has 1 aliphatic heterocycles. The third kappa shape index (κ3) is 3.66. The van der Waals surface area contributed by atoms with Gasteiger partial charge in [-0.2, -0.15) is 4.99 Å². The van der Waals surface area contributed by atoms with Crippen LogP contribution >= 0.6 is 11.3 Å². The van der Waals surface area contributed by atoms with Crippen molar-refractivity contribution in [3.05, 3.63) is 64.9 Å². The Kier molecular flexibility index (Phi) is 5.07. The lowest BCUT2D eigenvalue weighted by atomic mass is 10.0. The monoisotopic (exact) mass is 379 g/mol. The van der Waals surface area contributed by atoms with Crippen LogP contribution in [0.4, 0.5) is 4.79 Å². The van der Waals surface area contributed by atoms with Crippen LogP contribution in [0.3, 0.4) is 0 Å². The summed E-state index contributed by atoms with van der Waals surface area (Å²) in [7, 11) is 1.68. The molecule has 3 aromatic rings. The number of ether oxygens (including phenoxy) is 1. The fourth-order valence-corrected chi connectivity index (χ4v) is 4.01. The van der Waals surface area contributed by atoms with E-state index in [1.165, 1.54) is 11.3 Å². The highest BCUT2D eigenvalue weighted by Crippen LogP contribution is 2.29. The fraction of sp³-hybridized carbons (Fsp3) is 0.238. The molecule has 5 nitrogen and oxygen atoms in total. The number of thiazole rings is 1. The third-order valence-electron chi connectivity index (χ3n) is 4.72. The zero-order valence-electron chi connectivity index (χ0n) is 15.2. The molecule has 138 valence electrons. The number of hydrogen-bond acceptors (Lipinski definition) is 3. The van der Waals surface area contributed by atoms with Crippen LogP contribution in [-0.4, -0.2) is 35.7 Å². The Labute approximate surface area is 162 Å². The molecule has 0 bridgehead atoms. The Morgan fingerprint density at radius 2 is 1.81 bits per heavy atom. The Bertz CT molecular complexity index is 999. The normalized spacial score (nSPS) is 14.6. The van der Waals surface area contributed by atoms with Crippen molar-refractivity contribution in [2.75, 3.05) is 20.2 Å². The van der Waals surface area contributed by atoms with Crippen molar-refractivity contribution in [3.8, 4) is 22.6 Å². The van der Waals surface area contributed by atoms with Gasteiger partial charge >= 0.3 is 6.03 Å². The molecule has 0 saturated carbocycles. The van der Waals surface area contributed by atoms with Crippen LogP contribution < -0.4 is 9.54 Å². The van der Waals surface area contributed by atoms with Gasteiger partial charge in [0.25, 0.3) is 0 Å². The molecule has 0 N–H and O–H groups in total. The molecule has 2 amide bonds. The van der Waals surface area contributed by atoms with Crippen LogP contribution in [0.1, 0.15) is 12.8 Å². The Morgan fingerprint density at radius 1 is 1.07 bits per heavy atom. The molecule has 0 aliphatic carbocycles. The molecule has 0 radical (unpaired) electrons. The van der Waals surface area contributed by atoms with Gasteiger partial charge < -0.3 is 9.64 Å². The number of carbonyl (C=O) groups excluding carboxylic acids is 1. The molecule has 27 heavy (non-hydrogen) atoms. The van der Waals surface area contributed by atoms with Crippen molar-refractivity contribution >= 4 is 17.4 Å². The summed E-state index contributed by atoms with van der Waals surface area (Å²) in [4.78, 5) is 19.2. The standard InChI is InChI=1S/C21H21N3O2S/c1-26-19-7-3-2-6-18(19)16-8-10-17(11-9-16)24-14-15-27-21(24)22-20(25)23-12-4-5-13-23/h2-3,6-11,14-15H,4-5,12-13H2,1H3. The van der Waals surface area contributed by atoms with Crippen molar-refractivity contribution in [1.82, 2.24) is 9.47 Å². The summed E-state index contributed by atoms with van der Waals surface area (Å²) in [6.07, 6.45) is 4.07. The minimum absolute atomic E-state index is 0.144. The highest BCUT2D eigenvalue weighted by atomic mass is 32.1. The Balaban J connectivity index is 1.64. The van der Waals surface area contributed by atoms with E-state index in [-0.39, 0.29) is 6.03 Å². The zero-order valence-corrected chi connectivity index (χ0v) is 16.0. The predicted octanol–water partition coefficient (Wildman–Crippen LogP) is 4.33. The van der Waals surface area contributed by atoms with Gasteiger partial charge in [-0.1, -0.05) is 30.3 Å². The average Bonchev–Trinajstić information content (AvgIpc) is 3.40. The summed E-state index contributed by atoms with van der Waals surface area (Å²) in [6, 6.07) is 16.0. The van der Waals surface area contributed by atoms with E-state index < -0.39 is 0 Å². The Morgan fingerprint density at radius 3 is 2.56 bits per heavy atom. The summed E-state index contributed by atoms with van der Waals surface area (Å²) >= 11 is 1.47. The lowest BCUT2D eigenvalue weighted by Gasteiger charge is -2.11. The van der Waals surface area contributed by atoms with Crippen LogP contribution in [0, 0.1) is 0 Å². The molecule has 4 rings (SSSR count). The molecule has 1 aliphatic rings. The highest BCUT2D eigenvalue weighted by molar-refractivity contribution is 7.07. The summed E-state index contributed by atoms with van der Waals surface area (Å²) in [5, 5.41) is 1.95. The molecule has 1 aromatic heterocycles. The maximum absolute atomic E-state index is 12.3. The number of urea groups is 1. The molecular formula is C21H21N3O2S. The molecular weight excluding hydrogens is 358 g/mol. The number of methoxy groups -OCH3 is 1. The second-order valence-electron chi connectivity index (χ2n) is 6.39. The average molecular weight is 379 g/mol. The van der Waals surface area contributed by atoms with E-state index in [2.05, 4.69) is 17.1 Å². The van der Waals surface area contributed by atoms with E-state index >= 15 is 0 Å². The van der Waals surface area contributed by atoms with Crippen LogP contribution in [-0.2, 0) is 0 Å². The second-order valence-corrected chi connectivity index (χ2v) is 7.26. The summed E-state index contributed by atoms with van der Waals surface area (Å²) in [5.41, 5.74) is 3.11. The van der Waals surface area contributed by atoms with E-state index in [4.69, 9.17) is 4.74 Å². The molecule has 1 saturated heterocycles. The van der Waals surface area contributed by atoms with Gasteiger partial charge in [-0.3, -0.25) is 4.57 Å². The molecule has 0 unspecified atom stereocenters. The van der Waals surface area contributed by atoms with Gasteiger partial charge in [0, 0.05) is 35.9 Å². The third-order valence-corrected chi connectivity index (χ3v) is 5.48. The lowest BCUT2D eigenvalue weighted by Crippen LogP contribution is -2.27. The second kappa shape index (κ2) is 7.80. The van der Waals surface area contributed by atoms with Gasteiger partial charge in [0.1, 0.15) is 5.75 Å². The quantitative estimate of drug-likeness (QED) is 0.680. The summed E-state index contributed by atoms with van der Waals surface area (Å²) in [5.74, 6) is 0.848. The minimum Gasteiger partial charge on any atom is -0.496 e. The largest absolute Gasteiger partial charge is 0.496 e. The first-order chi connectivity index (χ1) is 13.3. The van der Waals surface area contributed by atoms with E-state index in [0.717, 1.165) is 48.5 Å². The number of hydrogen-bond donors (Lipinski definition) is 0. The van der Waals surface area contributed by atoms with Gasteiger partial charge in [0.15, 0.2) is 4.80 Å². The first-order valence-corrected chi connectivity index (χ1v) is 9.88. The smallest absolute Gasteiger partial charge is 0.346 e. The van der Waals surface area contributed by atoms with Gasteiger partial charge in [-0.15, -0.1) is 11.3 Å². The molecule has 6 heteroatoms. The highest BCUT2D eigenvalue weighted by Gasteiger charge is 2.17. The van der Waals surface area contributed by atoms with Crippen LogP contribution in [0.25, 0.3) is 16.8 Å². The maximum Gasteiger partial charge on any atom is 0.346 e. The zero-order chi connectivity index (χ0) is 18.6. The molecule has 2 aromatic carbocycles. The summed E-state index contributed by atoms with van der Waals surface area (Å²) in [6.45, 7) is 1.61. The van der Waals surface area contributed by atoms with Crippen molar-refractivity contribution in [2.24, 2.45) is 4.99 Å².